The average molecular weight is 336 g/mol. The molecule has 1 aromatic heterocycles. The van der Waals surface area contributed by atoms with Crippen LogP contribution in [-0.2, 0) is 6.54 Å². The lowest BCUT2D eigenvalue weighted by Gasteiger charge is -2.12. The summed E-state index contributed by atoms with van der Waals surface area (Å²) >= 11 is 0. The lowest BCUT2D eigenvalue weighted by atomic mass is 10.1. The molecule has 2 aromatic carbocycles. The molecule has 0 saturated heterocycles. The Kier molecular flexibility index (Phi) is 4.35. The zero-order valence-corrected chi connectivity index (χ0v) is 13.5. The molecule has 0 fully saturated rings. The maximum atomic E-state index is 11.5. The smallest absolute Gasteiger partial charge is 0.337 e. The third kappa shape index (κ3) is 3.28. The Labute approximate surface area is 144 Å². The zero-order chi connectivity index (χ0) is 18.0. The molecule has 3 aromatic rings. The van der Waals surface area contributed by atoms with E-state index >= 15 is 0 Å². The van der Waals surface area contributed by atoms with E-state index in [1.165, 1.54) is 12.1 Å². The summed E-state index contributed by atoms with van der Waals surface area (Å²) in [5.74, 6) is -0.993. The number of hydrogen-bond acceptors (Lipinski definition) is 3. The van der Waals surface area contributed by atoms with E-state index in [1.807, 2.05) is 34.9 Å². The van der Waals surface area contributed by atoms with Gasteiger partial charge in [-0.2, -0.15) is 0 Å². The van der Waals surface area contributed by atoms with Gasteiger partial charge in [0.1, 0.15) is 0 Å². The number of aromatic nitrogens is 1. The quantitative estimate of drug-likeness (QED) is 0.561. The second-order valence-electron chi connectivity index (χ2n) is 5.71. The molecule has 126 valence electrons. The van der Waals surface area contributed by atoms with Gasteiger partial charge in [0.25, 0.3) is 5.69 Å². The Morgan fingerprint density at radius 2 is 1.84 bits per heavy atom. The zero-order valence-electron chi connectivity index (χ0n) is 13.5. The summed E-state index contributed by atoms with van der Waals surface area (Å²) < 4.78 is 1.87. The molecule has 0 bridgehead atoms. The van der Waals surface area contributed by atoms with Gasteiger partial charge in [0, 0.05) is 30.1 Å². The average Bonchev–Trinajstić information content (AvgIpc) is 2.93. The number of carbonyl (C=O) groups is 1. The molecule has 0 atom stereocenters. The van der Waals surface area contributed by atoms with Crippen molar-refractivity contribution in [3.8, 4) is 11.3 Å². The van der Waals surface area contributed by atoms with Crippen molar-refractivity contribution >= 4 is 11.7 Å². The van der Waals surface area contributed by atoms with Gasteiger partial charge < -0.3 is 9.67 Å². The van der Waals surface area contributed by atoms with Gasteiger partial charge in [0.2, 0.25) is 0 Å². The van der Waals surface area contributed by atoms with E-state index in [0.717, 1.165) is 16.8 Å². The number of carboxylic acids is 1. The Balaban J connectivity index is 2.10. The van der Waals surface area contributed by atoms with Gasteiger partial charge in [-0.1, -0.05) is 42.5 Å². The lowest BCUT2D eigenvalue weighted by molar-refractivity contribution is -0.384. The molecule has 6 heteroatoms. The minimum absolute atomic E-state index is 0.0158. The van der Waals surface area contributed by atoms with Crippen LogP contribution in [0.1, 0.15) is 21.6 Å². The molecule has 0 unspecified atom stereocenters. The first-order valence-corrected chi connectivity index (χ1v) is 7.69. The maximum absolute atomic E-state index is 11.5. The third-order valence-electron chi connectivity index (χ3n) is 4.13. The first-order valence-electron chi connectivity index (χ1n) is 7.69. The topological polar surface area (TPSA) is 85.4 Å². The van der Waals surface area contributed by atoms with Crippen LogP contribution in [0.15, 0.2) is 60.7 Å². The first kappa shape index (κ1) is 16.4. The van der Waals surface area contributed by atoms with Crippen molar-refractivity contribution in [1.82, 2.24) is 4.57 Å². The Hall–Kier alpha value is -3.41. The number of aromatic carboxylic acids is 1. The summed E-state index contributed by atoms with van der Waals surface area (Å²) in [5, 5.41) is 20.4. The normalized spacial score (nSPS) is 10.6. The van der Waals surface area contributed by atoms with E-state index in [-0.39, 0.29) is 11.3 Å². The van der Waals surface area contributed by atoms with Crippen LogP contribution in [0.25, 0.3) is 11.3 Å². The van der Waals surface area contributed by atoms with Crippen LogP contribution < -0.4 is 0 Å². The molecule has 0 aliphatic rings. The molecule has 0 radical (unpaired) electrons. The molecule has 6 nitrogen and oxygen atoms in total. The molecular formula is C19H16N2O4. The van der Waals surface area contributed by atoms with E-state index in [2.05, 4.69) is 0 Å². The minimum atomic E-state index is -0.993. The summed E-state index contributed by atoms with van der Waals surface area (Å²) in [5.41, 5.74) is 3.25. The minimum Gasteiger partial charge on any atom is -0.478 e. The van der Waals surface area contributed by atoms with E-state index in [1.54, 1.807) is 25.1 Å². The Morgan fingerprint density at radius 1 is 1.12 bits per heavy atom. The molecule has 0 amide bonds. The predicted molar refractivity (Wildman–Crippen MR) is 93.8 cm³/mol. The number of nitrogens with zero attached hydrogens (tertiary/aromatic N) is 2. The Bertz CT molecular complexity index is 945. The second-order valence-corrected chi connectivity index (χ2v) is 5.71. The van der Waals surface area contributed by atoms with Gasteiger partial charge in [-0.3, -0.25) is 10.1 Å². The number of rotatable bonds is 5. The molecule has 0 aliphatic heterocycles. The van der Waals surface area contributed by atoms with Gasteiger partial charge >= 0.3 is 5.97 Å². The highest BCUT2D eigenvalue weighted by Gasteiger charge is 2.18. The standard InChI is InChI=1S/C19H16N2O4/c1-13-17(19(22)23)11-18(15-7-3-2-4-8-15)20(13)12-14-6-5-9-16(10-14)21(24)25/h2-11H,12H2,1H3,(H,22,23). The van der Waals surface area contributed by atoms with Crippen molar-refractivity contribution in [3.63, 3.8) is 0 Å². The highest BCUT2D eigenvalue weighted by molar-refractivity contribution is 5.91. The van der Waals surface area contributed by atoms with Gasteiger partial charge in [0.15, 0.2) is 0 Å². The molecule has 0 spiro atoms. The van der Waals surface area contributed by atoms with Crippen molar-refractivity contribution in [1.29, 1.82) is 0 Å². The van der Waals surface area contributed by atoms with Crippen LogP contribution in [0.3, 0.4) is 0 Å². The summed E-state index contributed by atoms with van der Waals surface area (Å²) in [7, 11) is 0. The van der Waals surface area contributed by atoms with Gasteiger partial charge in [-0.05, 0) is 24.1 Å². The van der Waals surface area contributed by atoms with E-state index in [9.17, 15) is 20.0 Å². The second kappa shape index (κ2) is 6.60. The summed E-state index contributed by atoms with van der Waals surface area (Å²) in [6.45, 7) is 2.10. The fourth-order valence-corrected chi connectivity index (χ4v) is 2.86. The Morgan fingerprint density at radius 3 is 2.48 bits per heavy atom. The molecule has 25 heavy (non-hydrogen) atoms. The van der Waals surface area contributed by atoms with Crippen LogP contribution in [0.5, 0.6) is 0 Å². The van der Waals surface area contributed by atoms with Crippen LogP contribution in [0, 0.1) is 17.0 Å². The molecule has 1 heterocycles. The van der Waals surface area contributed by atoms with Crippen molar-refractivity contribution in [2.24, 2.45) is 0 Å². The van der Waals surface area contributed by atoms with E-state index in [4.69, 9.17) is 0 Å². The van der Waals surface area contributed by atoms with E-state index < -0.39 is 10.9 Å². The van der Waals surface area contributed by atoms with Crippen molar-refractivity contribution in [3.05, 3.63) is 87.6 Å². The number of non-ortho nitro benzene ring substituents is 1. The fourth-order valence-electron chi connectivity index (χ4n) is 2.86. The summed E-state index contributed by atoms with van der Waals surface area (Å²) in [6.07, 6.45) is 0. The monoisotopic (exact) mass is 336 g/mol. The predicted octanol–water partition coefficient (Wildman–Crippen LogP) is 4.12. The van der Waals surface area contributed by atoms with Gasteiger partial charge in [0.05, 0.1) is 10.5 Å². The fraction of sp³-hybridized carbons (Fsp3) is 0.105. The number of nitro benzene ring substituents is 1. The van der Waals surface area contributed by atoms with Crippen LogP contribution in [0.4, 0.5) is 5.69 Å². The van der Waals surface area contributed by atoms with Gasteiger partial charge in [-0.15, -0.1) is 0 Å². The third-order valence-corrected chi connectivity index (χ3v) is 4.13. The number of nitro groups is 1. The van der Waals surface area contributed by atoms with Crippen LogP contribution >= 0.6 is 0 Å². The highest BCUT2D eigenvalue weighted by atomic mass is 16.6. The largest absolute Gasteiger partial charge is 0.478 e. The number of carboxylic acid groups (broad SMARTS) is 1. The SMILES string of the molecule is Cc1c(C(=O)O)cc(-c2ccccc2)n1Cc1cccc([N+](=O)[O-])c1. The molecule has 0 aliphatic carbocycles. The summed E-state index contributed by atoms with van der Waals surface area (Å²) in [6, 6.07) is 17.5. The first-order chi connectivity index (χ1) is 12.0. The number of benzene rings is 2. The molecular weight excluding hydrogens is 320 g/mol. The number of hydrogen-bond donors (Lipinski definition) is 1. The van der Waals surface area contributed by atoms with Crippen molar-refractivity contribution in [2.75, 3.05) is 0 Å². The van der Waals surface area contributed by atoms with Crippen molar-refractivity contribution < 1.29 is 14.8 Å². The van der Waals surface area contributed by atoms with Crippen LogP contribution in [0.2, 0.25) is 0 Å². The van der Waals surface area contributed by atoms with E-state index in [0.29, 0.717) is 12.2 Å². The lowest BCUT2D eigenvalue weighted by Crippen LogP contribution is -2.06. The molecule has 1 N–H and O–H groups in total. The summed E-state index contributed by atoms with van der Waals surface area (Å²) in [4.78, 5) is 22.0. The highest BCUT2D eigenvalue weighted by Crippen LogP contribution is 2.27. The molecule has 0 saturated carbocycles. The van der Waals surface area contributed by atoms with Crippen LogP contribution in [-0.4, -0.2) is 20.6 Å². The molecule has 3 rings (SSSR count). The van der Waals surface area contributed by atoms with Gasteiger partial charge in [-0.25, -0.2) is 4.79 Å². The maximum Gasteiger partial charge on any atom is 0.337 e. The van der Waals surface area contributed by atoms with Crippen molar-refractivity contribution in [2.45, 2.75) is 13.5 Å².